The maximum Gasteiger partial charge on any atom is 0.227 e. The van der Waals surface area contributed by atoms with E-state index >= 15 is 0 Å². The molecule has 1 aliphatic rings. The van der Waals surface area contributed by atoms with Crippen LogP contribution >= 0.6 is 0 Å². The van der Waals surface area contributed by atoms with Crippen LogP contribution in [0.1, 0.15) is 32.1 Å². The van der Waals surface area contributed by atoms with Crippen molar-refractivity contribution in [1.29, 1.82) is 0 Å². The highest BCUT2D eigenvalue weighted by Gasteiger charge is 2.34. The molecule has 1 aromatic heterocycles. The highest BCUT2D eigenvalue weighted by molar-refractivity contribution is 5.80. The van der Waals surface area contributed by atoms with Crippen LogP contribution < -0.4 is 10.6 Å². The van der Waals surface area contributed by atoms with Crippen LogP contribution in [0.5, 0.6) is 0 Å². The van der Waals surface area contributed by atoms with Crippen LogP contribution in [0.4, 0.5) is 0 Å². The van der Waals surface area contributed by atoms with Crippen molar-refractivity contribution >= 4 is 5.91 Å². The molecule has 0 bridgehead atoms. The zero-order valence-corrected chi connectivity index (χ0v) is 11.5. The first kappa shape index (κ1) is 14.1. The number of furan rings is 1. The minimum Gasteiger partial charge on any atom is -0.467 e. The van der Waals surface area contributed by atoms with E-state index in [1.807, 2.05) is 19.1 Å². The second-order valence-electron chi connectivity index (χ2n) is 4.95. The summed E-state index contributed by atoms with van der Waals surface area (Å²) >= 11 is 0. The Morgan fingerprint density at radius 2 is 2.37 bits per heavy atom. The van der Waals surface area contributed by atoms with Gasteiger partial charge in [0.25, 0.3) is 0 Å². The zero-order valence-electron chi connectivity index (χ0n) is 11.5. The van der Waals surface area contributed by atoms with Gasteiger partial charge in [-0.25, -0.2) is 0 Å². The summed E-state index contributed by atoms with van der Waals surface area (Å²) in [5.74, 6) is 0.671. The van der Waals surface area contributed by atoms with Gasteiger partial charge in [0.05, 0.1) is 31.4 Å². The monoisotopic (exact) mass is 266 g/mol. The lowest BCUT2D eigenvalue weighted by Gasteiger charge is -2.20. The molecular formula is C14H22N2O3. The Labute approximate surface area is 113 Å². The Kier molecular flexibility index (Phi) is 4.99. The van der Waals surface area contributed by atoms with E-state index in [1.165, 1.54) is 0 Å². The molecule has 5 nitrogen and oxygen atoms in total. The highest BCUT2D eigenvalue weighted by Crippen LogP contribution is 2.17. The van der Waals surface area contributed by atoms with Crippen molar-refractivity contribution in [3.8, 4) is 0 Å². The lowest BCUT2D eigenvalue weighted by molar-refractivity contribution is -0.126. The summed E-state index contributed by atoms with van der Waals surface area (Å²) < 4.78 is 10.7. The van der Waals surface area contributed by atoms with Crippen LogP contribution in [0, 0.1) is 5.92 Å². The molecule has 2 unspecified atom stereocenters. The van der Waals surface area contributed by atoms with Gasteiger partial charge in [-0.1, -0.05) is 6.92 Å². The molecule has 106 valence electrons. The molecule has 2 heterocycles. The summed E-state index contributed by atoms with van der Waals surface area (Å²) in [5, 5.41) is 6.34. The molecule has 0 saturated carbocycles. The number of hydrogen-bond acceptors (Lipinski definition) is 4. The molecule has 2 N–H and O–H groups in total. The zero-order chi connectivity index (χ0) is 13.7. The molecule has 1 amide bonds. The van der Waals surface area contributed by atoms with E-state index in [4.69, 9.17) is 9.15 Å². The first-order valence-corrected chi connectivity index (χ1v) is 6.87. The topological polar surface area (TPSA) is 63.5 Å². The van der Waals surface area contributed by atoms with Gasteiger partial charge in [0.2, 0.25) is 5.91 Å². The minimum absolute atomic E-state index is 0.0232. The highest BCUT2D eigenvalue weighted by atomic mass is 16.5. The molecule has 1 aromatic rings. The number of carbonyl (C=O) groups is 1. The van der Waals surface area contributed by atoms with Gasteiger partial charge in [-0.2, -0.15) is 0 Å². The summed E-state index contributed by atoms with van der Waals surface area (Å²) in [7, 11) is 0. The summed E-state index contributed by atoms with van der Waals surface area (Å²) in [6.07, 6.45) is 2.66. The first-order chi connectivity index (χ1) is 9.22. The molecule has 0 aliphatic carbocycles. The molecule has 1 fully saturated rings. The number of amides is 1. The van der Waals surface area contributed by atoms with Crippen molar-refractivity contribution in [2.24, 2.45) is 5.92 Å². The Bertz CT molecular complexity index is 391. The molecule has 5 heteroatoms. The molecule has 1 aliphatic heterocycles. The van der Waals surface area contributed by atoms with E-state index in [0.717, 1.165) is 18.7 Å². The summed E-state index contributed by atoms with van der Waals surface area (Å²) in [6.45, 7) is 6.02. The predicted octanol–water partition coefficient (Wildman–Crippen LogP) is 1.47. The van der Waals surface area contributed by atoms with E-state index in [9.17, 15) is 4.79 Å². The fourth-order valence-electron chi connectivity index (χ4n) is 2.27. The fraction of sp³-hybridized carbons (Fsp3) is 0.643. The smallest absolute Gasteiger partial charge is 0.227 e. The Morgan fingerprint density at radius 3 is 3.05 bits per heavy atom. The average molecular weight is 266 g/mol. The lowest BCUT2D eigenvalue weighted by atomic mass is 10.0. The van der Waals surface area contributed by atoms with Gasteiger partial charge in [0.1, 0.15) is 5.76 Å². The van der Waals surface area contributed by atoms with Crippen LogP contribution in [-0.2, 0) is 9.53 Å². The molecule has 2 rings (SSSR count). The van der Waals surface area contributed by atoms with E-state index in [0.29, 0.717) is 13.2 Å². The van der Waals surface area contributed by atoms with E-state index in [1.54, 1.807) is 6.26 Å². The Balaban J connectivity index is 1.88. The van der Waals surface area contributed by atoms with Crippen LogP contribution in [0.2, 0.25) is 0 Å². The predicted molar refractivity (Wildman–Crippen MR) is 71.7 cm³/mol. The largest absolute Gasteiger partial charge is 0.467 e. The van der Waals surface area contributed by atoms with Gasteiger partial charge in [0.15, 0.2) is 0 Å². The van der Waals surface area contributed by atoms with Gasteiger partial charge in [-0.05, 0) is 32.0 Å². The molecule has 1 saturated heterocycles. The van der Waals surface area contributed by atoms with Crippen molar-refractivity contribution in [3.63, 3.8) is 0 Å². The first-order valence-electron chi connectivity index (χ1n) is 6.87. The lowest BCUT2D eigenvalue weighted by Crippen LogP contribution is -2.44. The third-order valence-corrected chi connectivity index (χ3v) is 3.40. The fourth-order valence-corrected chi connectivity index (χ4v) is 2.27. The van der Waals surface area contributed by atoms with Crippen molar-refractivity contribution < 1.29 is 13.9 Å². The summed E-state index contributed by atoms with van der Waals surface area (Å²) in [4.78, 5) is 12.3. The number of carbonyl (C=O) groups excluding carboxylic acids is 1. The van der Waals surface area contributed by atoms with Gasteiger partial charge in [-0.15, -0.1) is 0 Å². The van der Waals surface area contributed by atoms with E-state index < -0.39 is 0 Å². The maximum atomic E-state index is 12.3. The SMILES string of the molecule is CCCNC1COCC1C(=O)N[C@@H](C)c1ccco1. The average Bonchev–Trinajstić information content (AvgIpc) is 3.07. The van der Waals surface area contributed by atoms with Gasteiger partial charge in [-0.3, -0.25) is 4.79 Å². The summed E-state index contributed by atoms with van der Waals surface area (Å²) in [5.41, 5.74) is 0. The molecule has 19 heavy (non-hydrogen) atoms. The van der Waals surface area contributed by atoms with Gasteiger partial charge >= 0.3 is 0 Å². The third kappa shape index (κ3) is 3.58. The quantitative estimate of drug-likeness (QED) is 0.818. The van der Waals surface area contributed by atoms with Crippen molar-refractivity contribution in [2.75, 3.05) is 19.8 Å². The minimum atomic E-state index is -0.121. The van der Waals surface area contributed by atoms with Crippen molar-refractivity contribution in [3.05, 3.63) is 24.2 Å². The number of ether oxygens (including phenoxy) is 1. The molecule has 3 atom stereocenters. The molecule has 0 aromatic carbocycles. The second kappa shape index (κ2) is 6.73. The van der Waals surface area contributed by atoms with Crippen LogP contribution in [0.3, 0.4) is 0 Å². The normalized spacial score (nSPS) is 24.3. The van der Waals surface area contributed by atoms with Crippen LogP contribution in [-0.4, -0.2) is 31.7 Å². The number of hydrogen-bond donors (Lipinski definition) is 2. The Hall–Kier alpha value is -1.33. The Morgan fingerprint density at radius 1 is 1.53 bits per heavy atom. The third-order valence-electron chi connectivity index (χ3n) is 3.40. The van der Waals surface area contributed by atoms with Gasteiger partial charge in [0, 0.05) is 6.04 Å². The number of rotatable bonds is 6. The van der Waals surface area contributed by atoms with E-state index in [-0.39, 0.29) is 23.9 Å². The van der Waals surface area contributed by atoms with Crippen LogP contribution in [0.25, 0.3) is 0 Å². The second-order valence-corrected chi connectivity index (χ2v) is 4.95. The van der Waals surface area contributed by atoms with E-state index in [2.05, 4.69) is 17.6 Å². The number of nitrogens with one attached hydrogen (secondary N) is 2. The standard InChI is InChI=1S/C14H22N2O3/c1-3-6-15-12-9-18-8-11(12)14(17)16-10(2)13-5-4-7-19-13/h4-5,7,10-12,15H,3,6,8-9H2,1-2H3,(H,16,17)/t10-,11?,12?/m0/s1. The van der Waals surface area contributed by atoms with Crippen molar-refractivity contribution in [2.45, 2.75) is 32.4 Å². The molecular weight excluding hydrogens is 244 g/mol. The molecule has 0 spiro atoms. The molecule has 0 radical (unpaired) electrons. The maximum absolute atomic E-state index is 12.3. The van der Waals surface area contributed by atoms with Crippen LogP contribution in [0.15, 0.2) is 22.8 Å². The van der Waals surface area contributed by atoms with Gasteiger partial charge < -0.3 is 19.8 Å². The van der Waals surface area contributed by atoms with Crippen molar-refractivity contribution in [1.82, 2.24) is 10.6 Å². The summed E-state index contributed by atoms with van der Waals surface area (Å²) in [6, 6.07) is 3.68.